The molecule has 0 bridgehead atoms. The van der Waals surface area contributed by atoms with Gasteiger partial charge in [0.15, 0.2) is 0 Å². The molecule has 0 fully saturated rings. The zero-order chi connectivity index (χ0) is 13.1. The Morgan fingerprint density at radius 1 is 1.50 bits per heavy atom. The van der Waals surface area contributed by atoms with Crippen molar-refractivity contribution in [3.8, 4) is 0 Å². The SMILES string of the molecule is CC(C)N1CC=C(c2cnc(C=N)c(N)c2)CC1. The summed E-state index contributed by atoms with van der Waals surface area (Å²) in [6.07, 6.45) is 6.29. The van der Waals surface area contributed by atoms with E-state index in [1.54, 1.807) is 0 Å². The van der Waals surface area contributed by atoms with Crippen LogP contribution in [-0.4, -0.2) is 35.2 Å². The lowest BCUT2D eigenvalue weighted by atomic mass is 9.99. The normalized spacial score (nSPS) is 16.7. The Hall–Kier alpha value is -1.68. The number of hydrogen-bond donors (Lipinski definition) is 2. The van der Waals surface area contributed by atoms with Gasteiger partial charge >= 0.3 is 0 Å². The number of nitrogen functional groups attached to an aromatic ring is 1. The minimum absolute atomic E-state index is 0.541. The van der Waals surface area contributed by atoms with Crippen LogP contribution in [0.5, 0.6) is 0 Å². The highest BCUT2D eigenvalue weighted by atomic mass is 15.1. The Bertz CT molecular complexity index is 477. The molecule has 0 radical (unpaired) electrons. The molecule has 1 aliphatic rings. The predicted octanol–water partition coefficient (Wildman–Crippen LogP) is 2.16. The number of nitrogens with two attached hydrogens (primary N) is 1. The highest BCUT2D eigenvalue weighted by Crippen LogP contribution is 2.24. The monoisotopic (exact) mass is 244 g/mol. The second-order valence-corrected chi connectivity index (χ2v) is 4.91. The van der Waals surface area contributed by atoms with Gasteiger partial charge in [0.1, 0.15) is 5.69 Å². The maximum atomic E-state index is 7.18. The summed E-state index contributed by atoms with van der Waals surface area (Å²) >= 11 is 0. The molecule has 3 N–H and O–H groups in total. The van der Waals surface area contributed by atoms with Gasteiger partial charge in [-0.15, -0.1) is 0 Å². The van der Waals surface area contributed by atoms with Crippen molar-refractivity contribution in [2.75, 3.05) is 18.8 Å². The molecule has 1 aliphatic heterocycles. The smallest absolute Gasteiger partial charge is 0.103 e. The second-order valence-electron chi connectivity index (χ2n) is 4.91. The molecule has 4 heteroatoms. The van der Waals surface area contributed by atoms with Crippen molar-refractivity contribution in [1.82, 2.24) is 9.88 Å². The van der Waals surface area contributed by atoms with E-state index in [1.165, 1.54) is 11.8 Å². The lowest BCUT2D eigenvalue weighted by molar-refractivity contribution is 0.245. The van der Waals surface area contributed by atoms with Crippen LogP contribution < -0.4 is 5.73 Å². The van der Waals surface area contributed by atoms with Crippen LogP contribution in [0.25, 0.3) is 5.57 Å². The first-order valence-electron chi connectivity index (χ1n) is 6.31. The number of pyridine rings is 1. The van der Waals surface area contributed by atoms with E-state index in [0.29, 0.717) is 17.4 Å². The molecule has 0 amide bonds. The van der Waals surface area contributed by atoms with Crippen molar-refractivity contribution in [3.05, 3.63) is 29.6 Å². The van der Waals surface area contributed by atoms with E-state index < -0.39 is 0 Å². The summed E-state index contributed by atoms with van der Waals surface area (Å²) in [5.41, 5.74) is 9.37. The van der Waals surface area contributed by atoms with E-state index in [-0.39, 0.29) is 0 Å². The number of hydrogen-bond acceptors (Lipinski definition) is 4. The summed E-state index contributed by atoms with van der Waals surface area (Å²) < 4.78 is 0. The fourth-order valence-electron chi connectivity index (χ4n) is 2.20. The third-order valence-electron chi connectivity index (χ3n) is 3.43. The average molecular weight is 244 g/mol. The Kier molecular flexibility index (Phi) is 3.77. The van der Waals surface area contributed by atoms with E-state index in [9.17, 15) is 0 Å². The van der Waals surface area contributed by atoms with Gasteiger partial charge in [0.05, 0.1) is 5.69 Å². The summed E-state index contributed by atoms with van der Waals surface area (Å²) in [6, 6.07) is 2.51. The van der Waals surface area contributed by atoms with Crippen LogP contribution in [0.3, 0.4) is 0 Å². The second kappa shape index (κ2) is 5.31. The van der Waals surface area contributed by atoms with Gasteiger partial charge in [0.2, 0.25) is 0 Å². The van der Waals surface area contributed by atoms with Crippen LogP contribution in [0.2, 0.25) is 0 Å². The third-order valence-corrected chi connectivity index (χ3v) is 3.43. The Balaban J connectivity index is 2.18. The first-order valence-corrected chi connectivity index (χ1v) is 6.31. The molecule has 2 rings (SSSR count). The molecule has 0 spiro atoms. The van der Waals surface area contributed by atoms with Gasteiger partial charge in [-0.1, -0.05) is 6.08 Å². The molecule has 0 atom stereocenters. The fraction of sp³-hybridized carbons (Fsp3) is 0.429. The van der Waals surface area contributed by atoms with Crippen molar-refractivity contribution in [1.29, 1.82) is 5.41 Å². The summed E-state index contributed by atoms with van der Waals surface area (Å²) in [5.74, 6) is 0. The predicted molar refractivity (Wildman–Crippen MR) is 75.8 cm³/mol. The molecule has 2 heterocycles. The Morgan fingerprint density at radius 2 is 2.28 bits per heavy atom. The van der Waals surface area contributed by atoms with Crippen LogP contribution >= 0.6 is 0 Å². The molecule has 1 aromatic rings. The maximum Gasteiger partial charge on any atom is 0.103 e. The maximum absolute atomic E-state index is 7.18. The zero-order valence-electron chi connectivity index (χ0n) is 11.0. The van der Waals surface area contributed by atoms with Crippen molar-refractivity contribution in [2.45, 2.75) is 26.3 Å². The molecule has 0 saturated heterocycles. The van der Waals surface area contributed by atoms with Gasteiger partial charge in [-0.2, -0.15) is 0 Å². The third kappa shape index (κ3) is 2.59. The standard InChI is InChI=1S/C14H20N4/c1-10(2)18-5-3-11(4-6-18)12-7-13(16)14(8-15)17-9-12/h3,7-10,15H,4-6,16H2,1-2H3. The lowest BCUT2D eigenvalue weighted by Crippen LogP contribution is -2.34. The molecule has 0 saturated carbocycles. The topological polar surface area (TPSA) is 66.0 Å². The highest BCUT2D eigenvalue weighted by Gasteiger charge is 2.15. The molecular weight excluding hydrogens is 224 g/mol. The van der Waals surface area contributed by atoms with Crippen LogP contribution in [0, 0.1) is 5.41 Å². The Morgan fingerprint density at radius 3 is 2.78 bits per heavy atom. The molecule has 4 nitrogen and oxygen atoms in total. The summed E-state index contributed by atoms with van der Waals surface area (Å²) in [7, 11) is 0. The molecular formula is C14H20N4. The number of anilines is 1. The van der Waals surface area contributed by atoms with Gasteiger partial charge in [-0.05, 0) is 37.5 Å². The highest BCUT2D eigenvalue weighted by molar-refractivity contribution is 5.83. The molecule has 96 valence electrons. The van der Waals surface area contributed by atoms with Gasteiger partial charge in [-0.3, -0.25) is 9.88 Å². The first kappa shape index (κ1) is 12.8. The average Bonchev–Trinajstić information content (AvgIpc) is 2.38. The van der Waals surface area contributed by atoms with Crippen molar-refractivity contribution >= 4 is 17.5 Å². The molecule has 18 heavy (non-hydrogen) atoms. The van der Waals surface area contributed by atoms with Gasteiger partial charge in [0, 0.05) is 31.5 Å². The summed E-state index contributed by atoms with van der Waals surface area (Å²) in [5, 5.41) is 7.18. The minimum atomic E-state index is 0.541. The van der Waals surface area contributed by atoms with Crippen LogP contribution in [0.15, 0.2) is 18.3 Å². The van der Waals surface area contributed by atoms with Gasteiger partial charge in [0.25, 0.3) is 0 Å². The zero-order valence-corrected chi connectivity index (χ0v) is 11.0. The van der Waals surface area contributed by atoms with Crippen molar-refractivity contribution in [2.24, 2.45) is 0 Å². The summed E-state index contributed by atoms with van der Waals surface area (Å²) in [4.78, 5) is 6.64. The van der Waals surface area contributed by atoms with Crippen LogP contribution in [0.1, 0.15) is 31.5 Å². The number of nitrogens with one attached hydrogen (secondary N) is 1. The Labute approximate surface area is 108 Å². The van der Waals surface area contributed by atoms with E-state index in [4.69, 9.17) is 11.1 Å². The molecule has 0 unspecified atom stereocenters. The quantitative estimate of drug-likeness (QED) is 0.801. The summed E-state index contributed by atoms with van der Waals surface area (Å²) in [6.45, 7) is 6.50. The van der Waals surface area contributed by atoms with Crippen LogP contribution in [0.4, 0.5) is 5.69 Å². The van der Waals surface area contributed by atoms with Gasteiger partial charge < -0.3 is 11.1 Å². The molecule has 1 aromatic heterocycles. The van der Waals surface area contributed by atoms with E-state index in [0.717, 1.165) is 25.1 Å². The van der Waals surface area contributed by atoms with Crippen molar-refractivity contribution < 1.29 is 0 Å². The molecule has 0 aromatic carbocycles. The fourth-order valence-corrected chi connectivity index (χ4v) is 2.20. The van der Waals surface area contributed by atoms with Crippen molar-refractivity contribution in [3.63, 3.8) is 0 Å². The number of nitrogens with zero attached hydrogens (tertiary/aromatic N) is 2. The van der Waals surface area contributed by atoms with Crippen LogP contribution in [-0.2, 0) is 0 Å². The molecule has 0 aliphatic carbocycles. The number of aromatic nitrogens is 1. The van der Waals surface area contributed by atoms with E-state index >= 15 is 0 Å². The lowest BCUT2D eigenvalue weighted by Gasteiger charge is -2.29. The first-order chi connectivity index (χ1) is 8.61. The largest absolute Gasteiger partial charge is 0.397 e. The van der Waals surface area contributed by atoms with Gasteiger partial charge in [-0.25, -0.2) is 0 Å². The van der Waals surface area contributed by atoms with E-state index in [2.05, 4.69) is 29.8 Å². The van der Waals surface area contributed by atoms with E-state index in [1.807, 2.05) is 12.3 Å². The minimum Gasteiger partial charge on any atom is -0.397 e. The number of rotatable bonds is 3.